The van der Waals surface area contributed by atoms with Crippen molar-refractivity contribution in [3.63, 3.8) is 0 Å². The molecule has 0 radical (unpaired) electrons. The van der Waals surface area contributed by atoms with Crippen LogP contribution in [0.5, 0.6) is 0 Å². The molecule has 2 aliphatic heterocycles. The summed E-state index contributed by atoms with van der Waals surface area (Å²) in [4.78, 5) is 37.1. The molecule has 2 saturated heterocycles. The quantitative estimate of drug-likeness (QED) is 0.458. The monoisotopic (exact) mass is 491 g/mol. The second-order valence-electron chi connectivity index (χ2n) is 11.0. The van der Waals surface area contributed by atoms with Crippen LogP contribution >= 0.6 is 0 Å². The van der Waals surface area contributed by atoms with Crippen molar-refractivity contribution >= 4 is 11.8 Å². The van der Waals surface area contributed by atoms with E-state index in [4.69, 9.17) is 0 Å². The Balaban J connectivity index is 1.24. The lowest BCUT2D eigenvalue weighted by molar-refractivity contribution is -0.615. The molecule has 8 heteroatoms. The van der Waals surface area contributed by atoms with E-state index in [2.05, 4.69) is 33.8 Å². The third-order valence-corrected chi connectivity index (χ3v) is 8.53. The molecule has 3 heterocycles. The summed E-state index contributed by atoms with van der Waals surface area (Å²) in [7, 11) is 0. The third kappa shape index (κ3) is 4.83. The highest BCUT2D eigenvalue weighted by atomic mass is 16.5. The van der Waals surface area contributed by atoms with E-state index in [1.807, 2.05) is 23.1 Å². The van der Waals surface area contributed by atoms with E-state index in [0.717, 1.165) is 45.2 Å². The van der Waals surface area contributed by atoms with Crippen molar-refractivity contribution in [1.82, 2.24) is 19.7 Å². The molecule has 1 aromatic heterocycles. The number of aryl methyl sites for hydroxylation is 1. The first-order valence-corrected chi connectivity index (χ1v) is 13.2. The molecule has 1 atom stereocenters. The number of benzene rings is 1. The van der Waals surface area contributed by atoms with E-state index in [9.17, 15) is 14.8 Å². The number of nitrogens with zero attached hydrogens (tertiary/aromatic N) is 5. The molecule has 0 N–H and O–H groups in total. The summed E-state index contributed by atoms with van der Waals surface area (Å²) in [5.41, 5.74) is 2.60. The molecule has 1 saturated carbocycles. The maximum absolute atomic E-state index is 13.3. The van der Waals surface area contributed by atoms with Crippen molar-refractivity contribution in [3.05, 3.63) is 64.4 Å². The van der Waals surface area contributed by atoms with Crippen LogP contribution in [0.3, 0.4) is 0 Å². The molecule has 0 spiro atoms. The van der Waals surface area contributed by atoms with E-state index in [-0.39, 0.29) is 23.4 Å². The summed E-state index contributed by atoms with van der Waals surface area (Å²) in [6, 6.07) is 10.5. The van der Waals surface area contributed by atoms with Crippen molar-refractivity contribution in [3.8, 4) is 0 Å². The Morgan fingerprint density at radius 1 is 1.11 bits per heavy atom. The fourth-order valence-electron chi connectivity index (χ4n) is 5.86. The minimum atomic E-state index is -0.104. The lowest BCUT2D eigenvalue weighted by atomic mass is 9.87. The summed E-state index contributed by atoms with van der Waals surface area (Å²) in [5.74, 6) is 0.419. The molecule has 1 aliphatic carbocycles. The number of carbonyl (C=O) groups is 2. The van der Waals surface area contributed by atoms with Gasteiger partial charge in [-0.25, -0.2) is 4.73 Å². The van der Waals surface area contributed by atoms with Gasteiger partial charge in [-0.3, -0.25) is 14.5 Å². The second-order valence-corrected chi connectivity index (χ2v) is 11.0. The van der Waals surface area contributed by atoms with Gasteiger partial charge in [0.2, 0.25) is 5.91 Å². The number of aromatic nitrogens is 2. The minimum Gasteiger partial charge on any atom is -0.711 e. The van der Waals surface area contributed by atoms with Gasteiger partial charge in [-0.2, -0.15) is 0 Å². The first-order chi connectivity index (χ1) is 17.3. The Kier molecular flexibility index (Phi) is 6.72. The molecule has 36 heavy (non-hydrogen) atoms. The van der Waals surface area contributed by atoms with Crippen molar-refractivity contribution in [2.45, 2.75) is 71.0 Å². The van der Waals surface area contributed by atoms with E-state index in [1.54, 1.807) is 13.8 Å². The number of carbonyl (C=O) groups excluding carboxylic acids is 2. The first kappa shape index (κ1) is 24.7. The molecule has 0 unspecified atom stereocenters. The summed E-state index contributed by atoms with van der Waals surface area (Å²) in [5, 5.41) is 12.0. The molecule has 1 aromatic carbocycles. The molecular weight excluding hydrogens is 454 g/mol. The Morgan fingerprint density at radius 3 is 2.47 bits per heavy atom. The molecule has 8 nitrogen and oxygen atoms in total. The van der Waals surface area contributed by atoms with Crippen LogP contribution in [0.1, 0.15) is 66.3 Å². The van der Waals surface area contributed by atoms with E-state index in [1.165, 1.54) is 11.9 Å². The van der Waals surface area contributed by atoms with Crippen molar-refractivity contribution in [2.75, 3.05) is 26.2 Å². The highest BCUT2D eigenvalue weighted by Gasteiger charge is 2.44. The standard InChI is InChI=1S/C28H37N5O3/c1-20-25(21(2)33(36)19-29-20)27(35)30-15-12-28(3,13-16-30)31-14-11-24(18-31)32(26(34)23-9-10-23)17-22-7-5-4-6-8-22/h4-8,19,23-24H,9-18H2,1-3H3/t24-/m1/s1. The lowest BCUT2D eigenvalue weighted by Crippen LogP contribution is -2.55. The SMILES string of the molecule is Cc1nc[n+]([O-])c(C)c1C(=O)N1CCC(C)(N2CC[C@@H](N(Cc3ccccc3)C(=O)C3CC3)C2)CC1. The number of likely N-dealkylation sites (tertiary alicyclic amines) is 2. The average molecular weight is 492 g/mol. The summed E-state index contributed by atoms with van der Waals surface area (Å²) in [6.45, 7) is 9.59. The van der Waals surface area contributed by atoms with Crippen LogP contribution in [0.25, 0.3) is 0 Å². The van der Waals surface area contributed by atoms with Crippen molar-refractivity contribution in [2.24, 2.45) is 5.92 Å². The van der Waals surface area contributed by atoms with Gasteiger partial charge < -0.3 is 15.0 Å². The summed E-state index contributed by atoms with van der Waals surface area (Å²) < 4.78 is 0.669. The smallest absolute Gasteiger partial charge is 0.289 e. The third-order valence-electron chi connectivity index (χ3n) is 8.53. The van der Waals surface area contributed by atoms with E-state index < -0.39 is 0 Å². The number of rotatable bonds is 6. The predicted octanol–water partition coefficient (Wildman–Crippen LogP) is 2.84. The lowest BCUT2D eigenvalue weighted by Gasteiger charge is -2.45. The van der Waals surface area contributed by atoms with Gasteiger partial charge in [0, 0.05) is 57.1 Å². The van der Waals surface area contributed by atoms with E-state index >= 15 is 0 Å². The minimum absolute atomic E-state index is 0.00987. The van der Waals surface area contributed by atoms with Crippen LogP contribution in [-0.4, -0.2) is 69.3 Å². The largest absolute Gasteiger partial charge is 0.711 e. The summed E-state index contributed by atoms with van der Waals surface area (Å²) >= 11 is 0. The summed E-state index contributed by atoms with van der Waals surface area (Å²) in [6.07, 6.45) is 5.98. The zero-order valence-electron chi connectivity index (χ0n) is 21.7. The molecule has 3 aliphatic rings. The van der Waals surface area contributed by atoms with Crippen LogP contribution < -0.4 is 4.73 Å². The number of hydrogen-bond donors (Lipinski definition) is 0. The number of hydrogen-bond acceptors (Lipinski definition) is 5. The van der Waals surface area contributed by atoms with Crippen LogP contribution in [-0.2, 0) is 11.3 Å². The van der Waals surface area contributed by atoms with Crippen molar-refractivity contribution in [1.29, 1.82) is 0 Å². The molecule has 2 amide bonds. The van der Waals surface area contributed by atoms with Gasteiger partial charge in [-0.05, 0) is 51.5 Å². The van der Waals surface area contributed by atoms with Crippen LogP contribution in [0.4, 0.5) is 0 Å². The normalized spacial score (nSPS) is 22.0. The Labute approximate surface area is 213 Å². The Bertz CT molecular complexity index is 1130. The van der Waals surface area contributed by atoms with Gasteiger partial charge in [0.05, 0.1) is 0 Å². The zero-order chi connectivity index (χ0) is 25.4. The predicted molar refractivity (Wildman–Crippen MR) is 136 cm³/mol. The molecule has 0 bridgehead atoms. The average Bonchev–Trinajstić information content (AvgIpc) is 3.61. The first-order valence-electron chi connectivity index (χ1n) is 13.2. The molecule has 3 fully saturated rings. The number of piperidine rings is 1. The Morgan fingerprint density at radius 2 is 1.81 bits per heavy atom. The van der Waals surface area contributed by atoms with E-state index in [0.29, 0.717) is 47.2 Å². The fourth-order valence-corrected chi connectivity index (χ4v) is 5.86. The molecule has 5 rings (SSSR count). The van der Waals surface area contributed by atoms with Gasteiger partial charge >= 0.3 is 0 Å². The Hall–Kier alpha value is -3.00. The second kappa shape index (κ2) is 9.81. The van der Waals surface area contributed by atoms with Gasteiger partial charge in [-0.1, -0.05) is 35.3 Å². The molecule has 192 valence electrons. The zero-order valence-corrected chi connectivity index (χ0v) is 21.7. The maximum atomic E-state index is 13.3. The van der Waals surface area contributed by atoms with Crippen molar-refractivity contribution < 1.29 is 14.3 Å². The van der Waals surface area contributed by atoms with Gasteiger partial charge in [0.15, 0.2) is 5.69 Å². The fraction of sp³-hybridized carbons (Fsp3) is 0.571. The highest BCUT2D eigenvalue weighted by Crippen LogP contribution is 2.36. The topological polar surface area (TPSA) is 83.7 Å². The van der Waals surface area contributed by atoms with Crippen LogP contribution in [0, 0.1) is 25.0 Å². The van der Waals surface area contributed by atoms with Gasteiger partial charge in [0.1, 0.15) is 11.3 Å². The van der Waals surface area contributed by atoms with Gasteiger partial charge in [-0.15, -0.1) is 0 Å². The highest BCUT2D eigenvalue weighted by molar-refractivity contribution is 5.96. The molecular formula is C28H37N5O3. The van der Waals surface area contributed by atoms with Gasteiger partial charge in [0.25, 0.3) is 12.2 Å². The van der Waals surface area contributed by atoms with Crippen LogP contribution in [0.15, 0.2) is 36.7 Å². The number of amides is 2. The maximum Gasteiger partial charge on any atom is 0.289 e. The molecule has 2 aromatic rings. The van der Waals surface area contributed by atoms with Crippen LogP contribution in [0.2, 0.25) is 0 Å².